The van der Waals surface area contributed by atoms with Gasteiger partial charge in [0.2, 0.25) is 5.88 Å². The van der Waals surface area contributed by atoms with Crippen LogP contribution >= 0.6 is 0 Å². The average molecular weight is 260 g/mol. The van der Waals surface area contributed by atoms with Crippen LogP contribution in [0.4, 0.5) is 4.39 Å². The predicted octanol–water partition coefficient (Wildman–Crippen LogP) is 1.72. The summed E-state index contributed by atoms with van der Waals surface area (Å²) in [6.45, 7) is 1.70. The molecule has 19 heavy (non-hydrogen) atoms. The first-order valence-electron chi connectivity index (χ1n) is 5.58. The van der Waals surface area contributed by atoms with Gasteiger partial charge in [0, 0.05) is 6.07 Å². The van der Waals surface area contributed by atoms with Crippen molar-refractivity contribution in [1.82, 2.24) is 9.55 Å². The number of hydrogen-bond donors (Lipinski definition) is 1. The van der Waals surface area contributed by atoms with Crippen LogP contribution in [-0.2, 0) is 0 Å². The second kappa shape index (κ2) is 3.94. The smallest absolute Gasteiger partial charge is 0.335 e. The lowest BCUT2D eigenvalue weighted by Crippen LogP contribution is -2.33. The summed E-state index contributed by atoms with van der Waals surface area (Å²) in [5.74, 6) is 0.134. The molecular weight excluding hydrogens is 251 g/mol. The highest BCUT2D eigenvalue weighted by Crippen LogP contribution is 2.11. The number of H-pyrrole nitrogens is 1. The van der Waals surface area contributed by atoms with Crippen molar-refractivity contribution in [3.63, 3.8) is 0 Å². The van der Waals surface area contributed by atoms with Gasteiger partial charge in [-0.2, -0.15) is 4.57 Å². The Morgan fingerprint density at radius 2 is 2.00 bits per heavy atom. The molecule has 0 saturated heterocycles. The third kappa shape index (κ3) is 1.77. The lowest BCUT2D eigenvalue weighted by atomic mass is 10.2. The fraction of sp³-hybridized carbons (Fsp3) is 0.0769. The molecule has 0 amide bonds. The summed E-state index contributed by atoms with van der Waals surface area (Å²) in [5, 5.41) is 0.0913. The molecule has 0 aliphatic carbocycles. The van der Waals surface area contributed by atoms with Crippen molar-refractivity contribution >= 4 is 10.9 Å². The molecule has 1 N–H and O–H groups in total. The zero-order valence-electron chi connectivity index (χ0n) is 9.94. The van der Waals surface area contributed by atoms with Gasteiger partial charge in [0.25, 0.3) is 5.56 Å². The van der Waals surface area contributed by atoms with Crippen LogP contribution in [0.2, 0.25) is 0 Å². The van der Waals surface area contributed by atoms with E-state index >= 15 is 0 Å². The molecule has 0 unspecified atom stereocenters. The first kappa shape index (κ1) is 11.5. The summed E-state index contributed by atoms with van der Waals surface area (Å²) in [7, 11) is 0. The third-order valence-corrected chi connectivity index (χ3v) is 2.81. The molecule has 0 saturated carbocycles. The van der Waals surface area contributed by atoms with Crippen LogP contribution in [0.25, 0.3) is 16.8 Å². The van der Waals surface area contributed by atoms with Gasteiger partial charge in [-0.25, -0.2) is 9.18 Å². The first-order valence-corrected chi connectivity index (χ1v) is 5.58. The summed E-state index contributed by atoms with van der Waals surface area (Å²) >= 11 is 0. The van der Waals surface area contributed by atoms with Gasteiger partial charge in [-0.05, 0) is 31.2 Å². The van der Waals surface area contributed by atoms with E-state index in [1.54, 1.807) is 13.0 Å². The third-order valence-electron chi connectivity index (χ3n) is 2.81. The quantitative estimate of drug-likeness (QED) is 0.724. The number of furan rings is 1. The van der Waals surface area contributed by atoms with Gasteiger partial charge < -0.3 is 9.40 Å². The van der Waals surface area contributed by atoms with Crippen molar-refractivity contribution in [2.75, 3.05) is 0 Å². The van der Waals surface area contributed by atoms with Crippen molar-refractivity contribution in [2.24, 2.45) is 0 Å². The maximum atomic E-state index is 13.2. The predicted molar refractivity (Wildman–Crippen MR) is 67.1 cm³/mol. The van der Waals surface area contributed by atoms with E-state index in [9.17, 15) is 14.0 Å². The van der Waals surface area contributed by atoms with Crippen molar-refractivity contribution in [2.45, 2.75) is 6.92 Å². The van der Waals surface area contributed by atoms with E-state index < -0.39 is 17.1 Å². The van der Waals surface area contributed by atoms with E-state index in [0.29, 0.717) is 5.76 Å². The van der Waals surface area contributed by atoms with Crippen molar-refractivity contribution in [1.29, 1.82) is 0 Å². The highest BCUT2D eigenvalue weighted by molar-refractivity contribution is 5.77. The van der Waals surface area contributed by atoms with E-state index in [2.05, 4.69) is 4.98 Å². The minimum Gasteiger partial charge on any atom is -0.445 e. The Bertz CT molecular complexity index is 889. The minimum atomic E-state index is -0.626. The van der Waals surface area contributed by atoms with E-state index in [-0.39, 0.29) is 16.8 Å². The van der Waals surface area contributed by atoms with E-state index in [0.717, 1.165) is 10.6 Å². The molecule has 0 aliphatic heterocycles. The molecule has 5 nitrogen and oxygen atoms in total. The van der Waals surface area contributed by atoms with E-state index in [4.69, 9.17) is 4.42 Å². The molecular formula is C13H9FN2O3. The van der Waals surface area contributed by atoms with Crippen LogP contribution in [0.15, 0.2) is 44.3 Å². The number of fused-ring (bicyclic) bond motifs is 1. The van der Waals surface area contributed by atoms with Gasteiger partial charge in [0.1, 0.15) is 11.6 Å². The molecule has 0 spiro atoms. The second-order valence-electron chi connectivity index (χ2n) is 4.14. The zero-order chi connectivity index (χ0) is 13.6. The van der Waals surface area contributed by atoms with Crippen LogP contribution in [0.5, 0.6) is 0 Å². The Morgan fingerprint density at radius 1 is 1.21 bits per heavy atom. The van der Waals surface area contributed by atoms with Crippen LogP contribution < -0.4 is 11.2 Å². The molecule has 2 heterocycles. The van der Waals surface area contributed by atoms with Gasteiger partial charge in [-0.1, -0.05) is 0 Å². The van der Waals surface area contributed by atoms with Gasteiger partial charge in [0.05, 0.1) is 10.9 Å². The fourth-order valence-electron chi connectivity index (χ4n) is 1.93. The molecule has 0 radical (unpaired) electrons. The average Bonchev–Trinajstić information content (AvgIpc) is 2.77. The van der Waals surface area contributed by atoms with Crippen LogP contribution in [0, 0.1) is 12.7 Å². The number of benzene rings is 1. The summed E-state index contributed by atoms with van der Waals surface area (Å²) in [6.07, 6.45) is 0. The number of aryl methyl sites for hydroxylation is 1. The number of nitrogens with one attached hydrogen (secondary N) is 1. The minimum absolute atomic E-state index is 0.0913. The summed E-state index contributed by atoms with van der Waals surface area (Å²) in [4.78, 5) is 26.6. The standard InChI is InChI=1S/C13H9FN2O3/c1-7-2-5-11(19-7)16-12(17)9-6-8(14)3-4-10(9)15-13(16)18/h2-6H,1H3,(H,15,18). The molecule has 0 aliphatic rings. The van der Waals surface area contributed by atoms with Crippen LogP contribution in [0.1, 0.15) is 5.76 Å². The summed E-state index contributed by atoms with van der Waals surface area (Å²) < 4.78 is 19.3. The second-order valence-corrected chi connectivity index (χ2v) is 4.14. The summed E-state index contributed by atoms with van der Waals surface area (Å²) in [6, 6.07) is 6.76. The Morgan fingerprint density at radius 3 is 2.68 bits per heavy atom. The molecule has 3 rings (SSSR count). The molecule has 2 aromatic heterocycles. The van der Waals surface area contributed by atoms with E-state index in [1.807, 2.05) is 0 Å². The lowest BCUT2D eigenvalue weighted by Gasteiger charge is -2.03. The van der Waals surface area contributed by atoms with Crippen LogP contribution in [-0.4, -0.2) is 9.55 Å². The number of rotatable bonds is 1. The van der Waals surface area contributed by atoms with Crippen molar-refractivity contribution in [3.8, 4) is 5.88 Å². The number of halogens is 1. The van der Waals surface area contributed by atoms with Gasteiger partial charge in [-0.15, -0.1) is 0 Å². The Hall–Kier alpha value is -2.63. The van der Waals surface area contributed by atoms with Crippen LogP contribution in [0.3, 0.4) is 0 Å². The summed E-state index contributed by atoms with van der Waals surface area (Å²) in [5.41, 5.74) is -0.956. The number of aromatic nitrogens is 2. The molecule has 1 aromatic carbocycles. The first-order chi connectivity index (χ1) is 9.06. The molecule has 96 valence electrons. The number of aromatic amines is 1. The normalized spacial score (nSPS) is 11.1. The largest absolute Gasteiger partial charge is 0.445 e. The van der Waals surface area contributed by atoms with Gasteiger partial charge in [0.15, 0.2) is 0 Å². The van der Waals surface area contributed by atoms with Gasteiger partial charge in [-0.3, -0.25) is 4.79 Å². The number of nitrogens with zero attached hydrogens (tertiary/aromatic N) is 1. The molecule has 6 heteroatoms. The van der Waals surface area contributed by atoms with Crippen molar-refractivity contribution in [3.05, 3.63) is 62.7 Å². The van der Waals surface area contributed by atoms with Gasteiger partial charge >= 0.3 is 5.69 Å². The SMILES string of the molecule is Cc1ccc(-n2c(=O)[nH]c3ccc(F)cc3c2=O)o1. The Kier molecular flexibility index (Phi) is 2.38. The van der Waals surface area contributed by atoms with Crippen molar-refractivity contribution < 1.29 is 8.81 Å². The molecule has 3 aromatic rings. The Balaban J connectivity index is 2.43. The zero-order valence-corrected chi connectivity index (χ0v) is 9.94. The molecule has 0 fully saturated rings. The highest BCUT2D eigenvalue weighted by Gasteiger charge is 2.12. The molecule has 0 bridgehead atoms. The monoisotopic (exact) mass is 260 g/mol. The molecule has 0 atom stereocenters. The Labute approximate surface area is 105 Å². The maximum absolute atomic E-state index is 13.2. The van der Waals surface area contributed by atoms with E-state index in [1.165, 1.54) is 18.2 Å². The maximum Gasteiger partial charge on any atom is 0.335 e. The lowest BCUT2D eigenvalue weighted by molar-refractivity contribution is 0.501. The number of hydrogen-bond acceptors (Lipinski definition) is 3. The fourth-order valence-corrected chi connectivity index (χ4v) is 1.93. The highest BCUT2D eigenvalue weighted by atomic mass is 19.1. The topological polar surface area (TPSA) is 68.0 Å².